The van der Waals surface area contributed by atoms with E-state index >= 15 is 0 Å². The average molecular weight is 272 g/mol. The molecule has 0 radical (unpaired) electrons. The zero-order valence-electron chi connectivity index (χ0n) is 9.80. The lowest BCUT2D eigenvalue weighted by molar-refractivity contribution is 0.112. The molecule has 0 fully saturated rings. The fourth-order valence-corrected chi connectivity index (χ4v) is 2.79. The molecule has 4 heteroatoms. The molecule has 0 N–H and O–H groups in total. The van der Waals surface area contributed by atoms with Gasteiger partial charge in [0.1, 0.15) is 16.4 Å². The number of thiophene rings is 1. The van der Waals surface area contributed by atoms with Crippen LogP contribution in [0.2, 0.25) is 0 Å². The molecule has 1 aromatic heterocycles. The summed E-state index contributed by atoms with van der Waals surface area (Å²) in [6.07, 6.45) is 0.781. The molecule has 0 unspecified atom stereocenters. The van der Waals surface area contributed by atoms with E-state index in [4.69, 9.17) is 4.74 Å². The second-order valence-electron chi connectivity index (χ2n) is 3.97. The normalized spacial score (nSPS) is 10.6. The summed E-state index contributed by atoms with van der Waals surface area (Å²) in [6, 6.07) is 13.4. The highest BCUT2D eigenvalue weighted by Gasteiger charge is 2.13. The van der Waals surface area contributed by atoms with Crippen LogP contribution in [-0.2, 0) is 0 Å². The fraction of sp³-hybridized carbons (Fsp3) is 0. The number of halogens is 1. The predicted octanol–water partition coefficient (Wildman–Crippen LogP) is 4.65. The summed E-state index contributed by atoms with van der Waals surface area (Å²) < 4.78 is 19.6. The van der Waals surface area contributed by atoms with Crippen LogP contribution >= 0.6 is 11.3 Å². The Hall–Kier alpha value is -2.20. The van der Waals surface area contributed by atoms with Gasteiger partial charge in [-0.2, -0.15) is 0 Å². The van der Waals surface area contributed by atoms with Gasteiger partial charge < -0.3 is 4.74 Å². The molecule has 3 rings (SSSR count). The van der Waals surface area contributed by atoms with E-state index in [1.54, 1.807) is 0 Å². The molecule has 0 aliphatic carbocycles. The van der Waals surface area contributed by atoms with Crippen LogP contribution in [-0.4, -0.2) is 6.29 Å². The van der Waals surface area contributed by atoms with Gasteiger partial charge in [-0.3, -0.25) is 4.79 Å². The number of carbonyl (C=O) groups is 1. The van der Waals surface area contributed by atoms with Gasteiger partial charge in [0.15, 0.2) is 12.0 Å². The molecule has 3 aromatic rings. The zero-order valence-corrected chi connectivity index (χ0v) is 10.6. The van der Waals surface area contributed by atoms with Crippen LogP contribution in [0, 0.1) is 5.82 Å². The molecule has 1 heterocycles. The third kappa shape index (κ3) is 2.22. The van der Waals surface area contributed by atoms with E-state index in [1.165, 1.54) is 35.6 Å². The molecule has 0 spiro atoms. The minimum absolute atomic E-state index is 0.321. The quantitative estimate of drug-likeness (QED) is 0.649. The molecule has 2 aromatic carbocycles. The first-order valence-electron chi connectivity index (χ1n) is 5.68. The summed E-state index contributed by atoms with van der Waals surface area (Å²) in [5.41, 5.74) is 0. The highest BCUT2D eigenvalue weighted by Crippen LogP contribution is 2.39. The molecule has 0 bridgehead atoms. The predicted molar refractivity (Wildman–Crippen MR) is 73.7 cm³/mol. The van der Waals surface area contributed by atoms with Crippen LogP contribution < -0.4 is 4.74 Å². The summed E-state index contributed by atoms with van der Waals surface area (Å²) in [7, 11) is 0. The number of hydrogen-bond donors (Lipinski definition) is 0. The summed E-state index contributed by atoms with van der Waals surface area (Å²) in [5, 5.41) is 0.888. The third-order valence-corrected chi connectivity index (χ3v) is 3.79. The van der Waals surface area contributed by atoms with Gasteiger partial charge in [-0.1, -0.05) is 12.1 Å². The number of aldehydes is 1. The molecule has 0 aliphatic rings. The molecule has 94 valence electrons. The zero-order chi connectivity index (χ0) is 13.2. The molecular formula is C15H9FO2S. The van der Waals surface area contributed by atoms with Crippen molar-refractivity contribution in [2.45, 2.75) is 0 Å². The minimum atomic E-state index is -0.321. The van der Waals surface area contributed by atoms with E-state index in [1.807, 2.05) is 24.3 Å². The van der Waals surface area contributed by atoms with Gasteiger partial charge in [0.25, 0.3) is 0 Å². The molecule has 0 atom stereocenters. The molecule has 2 nitrogen and oxygen atoms in total. The van der Waals surface area contributed by atoms with Crippen molar-refractivity contribution in [2.75, 3.05) is 0 Å². The average Bonchev–Trinajstić information content (AvgIpc) is 2.79. The van der Waals surface area contributed by atoms with Crippen molar-refractivity contribution in [3.05, 3.63) is 59.2 Å². The van der Waals surface area contributed by atoms with Gasteiger partial charge in [-0.25, -0.2) is 4.39 Å². The third-order valence-electron chi connectivity index (χ3n) is 2.72. The van der Waals surface area contributed by atoms with E-state index in [9.17, 15) is 9.18 Å². The van der Waals surface area contributed by atoms with Crippen molar-refractivity contribution in [3.8, 4) is 11.5 Å². The maximum Gasteiger partial charge on any atom is 0.163 e. The first kappa shape index (κ1) is 11.9. The Morgan fingerprint density at radius 3 is 2.53 bits per heavy atom. The lowest BCUT2D eigenvalue weighted by atomic mass is 10.2. The molecule has 0 aliphatic heterocycles. The summed E-state index contributed by atoms with van der Waals surface area (Å²) in [6.45, 7) is 0. The van der Waals surface area contributed by atoms with E-state index < -0.39 is 0 Å². The van der Waals surface area contributed by atoms with Crippen molar-refractivity contribution in [1.82, 2.24) is 0 Å². The van der Waals surface area contributed by atoms with Crippen LogP contribution in [0.3, 0.4) is 0 Å². The molecule has 0 saturated carbocycles. The number of ether oxygens (including phenoxy) is 1. The van der Waals surface area contributed by atoms with Gasteiger partial charge in [0, 0.05) is 10.1 Å². The first-order valence-corrected chi connectivity index (χ1v) is 6.50. The Bertz CT molecular complexity index is 731. The maximum absolute atomic E-state index is 12.9. The van der Waals surface area contributed by atoms with E-state index in [0.29, 0.717) is 16.4 Å². The van der Waals surface area contributed by atoms with E-state index in [0.717, 1.165) is 16.4 Å². The Morgan fingerprint density at radius 2 is 1.79 bits per heavy atom. The van der Waals surface area contributed by atoms with Crippen LogP contribution in [0.15, 0.2) is 48.5 Å². The van der Waals surface area contributed by atoms with Gasteiger partial charge in [-0.15, -0.1) is 11.3 Å². The molecule has 0 amide bonds. The van der Waals surface area contributed by atoms with Crippen molar-refractivity contribution in [3.63, 3.8) is 0 Å². The number of fused-ring (bicyclic) bond motifs is 1. The standard InChI is InChI=1S/C15H9FO2S/c16-10-5-7-11(8-6-10)18-15-12-3-1-2-4-13(12)19-14(15)9-17/h1-9H. The number of hydrogen-bond acceptors (Lipinski definition) is 3. The highest BCUT2D eigenvalue weighted by molar-refractivity contribution is 7.21. The van der Waals surface area contributed by atoms with Crippen LogP contribution in [0.4, 0.5) is 4.39 Å². The summed E-state index contributed by atoms with van der Waals surface area (Å²) >= 11 is 1.38. The van der Waals surface area contributed by atoms with Crippen molar-refractivity contribution >= 4 is 27.7 Å². The second-order valence-corrected chi connectivity index (χ2v) is 5.05. The largest absolute Gasteiger partial charge is 0.455 e. The molecule has 0 saturated heterocycles. The second kappa shape index (κ2) is 4.82. The van der Waals surface area contributed by atoms with Crippen molar-refractivity contribution in [2.24, 2.45) is 0 Å². The molecule has 19 heavy (non-hydrogen) atoms. The number of benzene rings is 2. The van der Waals surface area contributed by atoms with Crippen molar-refractivity contribution in [1.29, 1.82) is 0 Å². The topological polar surface area (TPSA) is 26.3 Å². The Labute approximate surface area is 113 Å². The molecular weight excluding hydrogens is 263 g/mol. The van der Waals surface area contributed by atoms with Gasteiger partial charge >= 0.3 is 0 Å². The number of carbonyl (C=O) groups excluding carboxylic acids is 1. The van der Waals surface area contributed by atoms with E-state index in [2.05, 4.69) is 0 Å². The summed E-state index contributed by atoms with van der Waals surface area (Å²) in [4.78, 5) is 11.6. The van der Waals surface area contributed by atoms with Crippen LogP contribution in [0.5, 0.6) is 11.5 Å². The number of rotatable bonds is 3. The van der Waals surface area contributed by atoms with Crippen LogP contribution in [0.1, 0.15) is 9.67 Å². The fourth-order valence-electron chi connectivity index (χ4n) is 1.84. The Kier molecular flexibility index (Phi) is 3.01. The lowest BCUT2D eigenvalue weighted by Gasteiger charge is -2.05. The van der Waals surface area contributed by atoms with Crippen LogP contribution in [0.25, 0.3) is 10.1 Å². The Balaban J connectivity index is 2.08. The SMILES string of the molecule is O=Cc1sc2ccccc2c1Oc1ccc(F)cc1. The first-order chi connectivity index (χ1) is 9.28. The van der Waals surface area contributed by atoms with Gasteiger partial charge in [-0.05, 0) is 36.4 Å². The highest BCUT2D eigenvalue weighted by atomic mass is 32.1. The van der Waals surface area contributed by atoms with Gasteiger partial charge in [0.05, 0.1) is 0 Å². The summed E-state index contributed by atoms with van der Waals surface area (Å²) in [5.74, 6) is 0.716. The van der Waals surface area contributed by atoms with Gasteiger partial charge in [0.2, 0.25) is 0 Å². The van der Waals surface area contributed by atoms with E-state index in [-0.39, 0.29) is 5.82 Å². The smallest absolute Gasteiger partial charge is 0.163 e. The maximum atomic E-state index is 12.9. The monoisotopic (exact) mass is 272 g/mol. The minimum Gasteiger partial charge on any atom is -0.455 e. The van der Waals surface area contributed by atoms with Crippen molar-refractivity contribution < 1.29 is 13.9 Å². The lowest BCUT2D eigenvalue weighted by Crippen LogP contribution is -1.86. The Morgan fingerprint density at radius 1 is 1.05 bits per heavy atom.